The first kappa shape index (κ1) is 19.1. The number of ether oxygens (including phenoxy) is 1. The Morgan fingerprint density at radius 1 is 1.29 bits per heavy atom. The topological polar surface area (TPSA) is 67.4 Å². The number of hydrogen-bond donors (Lipinski definition) is 2. The van der Waals surface area contributed by atoms with Crippen molar-refractivity contribution < 1.29 is 14.3 Å². The van der Waals surface area contributed by atoms with Crippen LogP contribution in [0.25, 0.3) is 0 Å². The third kappa shape index (κ3) is 6.37. The van der Waals surface area contributed by atoms with E-state index in [0.29, 0.717) is 18.7 Å². The lowest BCUT2D eigenvalue weighted by molar-refractivity contribution is -0.118. The van der Waals surface area contributed by atoms with Gasteiger partial charge in [-0.05, 0) is 36.5 Å². The predicted molar refractivity (Wildman–Crippen MR) is 99.9 cm³/mol. The van der Waals surface area contributed by atoms with Crippen LogP contribution in [0.4, 0.5) is 0 Å². The zero-order valence-corrected chi connectivity index (χ0v) is 15.5. The van der Waals surface area contributed by atoms with Crippen molar-refractivity contribution >= 4 is 35.3 Å². The molecule has 0 unspecified atom stereocenters. The minimum Gasteiger partial charge on any atom is -0.383 e. The summed E-state index contributed by atoms with van der Waals surface area (Å²) in [7, 11) is 1.60. The van der Waals surface area contributed by atoms with Gasteiger partial charge in [0.05, 0.1) is 17.9 Å². The van der Waals surface area contributed by atoms with Crippen LogP contribution in [-0.4, -0.2) is 55.4 Å². The molecule has 0 aliphatic carbocycles. The summed E-state index contributed by atoms with van der Waals surface area (Å²) >= 11 is 3.32. The normalized spacial score (nSPS) is 15.0. The number of hydrogen-bond acceptors (Lipinski definition) is 5. The van der Waals surface area contributed by atoms with Gasteiger partial charge in [-0.15, -0.1) is 11.8 Å². The van der Waals surface area contributed by atoms with E-state index in [0.717, 1.165) is 29.2 Å². The second-order valence-electron chi connectivity index (χ2n) is 5.49. The molecule has 1 heterocycles. The SMILES string of the molecule is COCCNC(=O)CSc1ccccc1C(=O)NC1CCSCC1. The monoisotopic (exact) mass is 368 g/mol. The van der Waals surface area contributed by atoms with Crippen LogP contribution in [0.3, 0.4) is 0 Å². The standard InChI is InChI=1S/C17H24N2O3S2/c1-22-9-8-18-16(20)12-24-15-5-3-2-4-14(15)17(21)19-13-6-10-23-11-7-13/h2-5,13H,6-12H2,1H3,(H,18,20)(H,19,21). The van der Waals surface area contributed by atoms with Crippen molar-refractivity contribution in [1.29, 1.82) is 0 Å². The van der Waals surface area contributed by atoms with Gasteiger partial charge in [0.25, 0.3) is 5.91 Å². The maximum atomic E-state index is 12.5. The highest BCUT2D eigenvalue weighted by atomic mass is 32.2. The molecule has 2 rings (SSSR count). The highest BCUT2D eigenvalue weighted by molar-refractivity contribution is 8.00. The van der Waals surface area contributed by atoms with Gasteiger partial charge < -0.3 is 15.4 Å². The molecule has 1 saturated heterocycles. The third-order valence-corrected chi connectivity index (χ3v) is 5.80. The van der Waals surface area contributed by atoms with E-state index in [1.807, 2.05) is 36.0 Å². The maximum Gasteiger partial charge on any atom is 0.252 e. The van der Waals surface area contributed by atoms with E-state index in [1.165, 1.54) is 11.8 Å². The van der Waals surface area contributed by atoms with Gasteiger partial charge in [0.15, 0.2) is 0 Å². The third-order valence-electron chi connectivity index (χ3n) is 3.68. The Hall–Kier alpha value is -1.18. The minimum absolute atomic E-state index is 0.0465. The van der Waals surface area contributed by atoms with E-state index >= 15 is 0 Å². The second kappa shape index (κ2) is 10.6. The number of carbonyl (C=O) groups excluding carboxylic acids is 2. The number of nitrogens with one attached hydrogen (secondary N) is 2. The number of benzene rings is 1. The molecule has 0 aromatic heterocycles. The number of amides is 2. The molecular weight excluding hydrogens is 344 g/mol. The quantitative estimate of drug-likeness (QED) is 0.544. The second-order valence-corrected chi connectivity index (χ2v) is 7.73. The Bertz CT molecular complexity index is 548. The smallest absolute Gasteiger partial charge is 0.252 e. The first-order chi connectivity index (χ1) is 11.7. The van der Waals surface area contributed by atoms with Gasteiger partial charge in [0.1, 0.15) is 0 Å². The molecule has 1 aliphatic heterocycles. The molecule has 7 heteroatoms. The first-order valence-electron chi connectivity index (χ1n) is 8.06. The number of carbonyl (C=O) groups is 2. The lowest BCUT2D eigenvalue weighted by atomic mass is 10.1. The van der Waals surface area contributed by atoms with Gasteiger partial charge in [0.2, 0.25) is 5.91 Å². The molecule has 1 fully saturated rings. The lowest BCUT2D eigenvalue weighted by Gasteiger charge is -2.23. The van der Waals surface area contributed by atoms with Crippen LogP contribution in [-0.2, 0) is 9.53 Å². The largest absolute Gasteiger partial charge is 0.383 e. The van der Waals surface area contributed by atoms with E-state index in [-0.39, 0.29) is 23.6 Å². The Kier molecular flexibility index (Phi) is 8.49. The maximum absolute atomic E-state index is 12.5. The van der Waals surface area contributed by atoms with Gasteiger partial charge in [0, 0.05) is 24.6 Å². The molecule has 0 saturated carbocycles. The summed E-state index contributed by atoms with van der Waals surface area (Å²) in [4.78, 5) is 25.2. The Labute approximate surface area is 151 Å². The zero-order chi connectivity index (χ0) is 17.2. The predicted octanol–water partition coefficient (Wildman–Crippen LogP) is 2.17. The molecule has 1 aromatic carbocycles. The molecule has 0 bridgehead atoms. The molecule has 0 radical (unpaired) electrons. The van der Waals surface area contributed by atoms with Crippen LogP contribution in [0.2, 0.25) is 0 Å². The van der Waals surface area contributed by atoms with Gasteiger partial charge in [-0.25, -0.2) is 0 Å². The van der Waals surface area contributed by atoms with Gasteiger partial charge in [-0.3, -0.25) is 9.59 Å². The molecule has 0 atom stereocenters. The minimum atomic E-state index is -0.0587. The van der Waals surface area contributed by atoms with Crippen molar-refractivity contribution in [2.24, 2.45) is 0 Å². The van der Waals surface area contributed by atoms with Crippen molar-refractivity contribution in [3.63, 3.8) is 0 Å². The van der Waals surface area contributed by atoms with Crippen LogP contribution >= 0.6 is 23.5 Å². The highest BCUT2D eigenvalue weighted by Gasteiger charge is 2.19. The summed E-state index contributed by atoms with van der Waals surface area (Å²) < 4.78 is 4.90. The summed E-state index contributed by atoms with van der Waals surface area (Å²) in [5.74, 6) is 2.38. The molecule has 1 aromatic rings. The fraction of sp³-hybridized carbons (Fsp3) is 0.529. The van der Waals surface area contributed by atoms with E-state index in [1.54, 1.807) is 7.11 Å². The first-order valence-corrected chi connectivity index (χ1v) is 10.2. The molecule has 5 nitrogen and oxygen atoms in total. The fourth-order valence-electron chi connectivity index (χ4n) is 2.37. The van der Waals surface area contributed by atoms with Crippen molar-refractivity contribution in [3.05, 3.63) is 29.8 Å². The van der Waals surface area contributed by atoms with Crippen molar-refractivity contribution in [3.8, 4) is 0 Å². The average Bonchev–Trinajstić information content (AvgIpc) is 2.61. The van der Waals surface area contributed by atoms with Crippen LogP contribution < -0.4 is 10.6 Å². The molecule has 2 N–H and O–H groups in total. The fourth-order valence-corrected chi connectivity index (χ4v) is 4.36. The van der Waals surface area contributed by atoms with Crippen LogP contribution in [0, 0.1) is 0 Å². The molecule has 132 valence electrons. The van der Waals surface area contributed by atoms with Gasteiger partial charge in [-0.2, -0.15) is 11.8 Å². The Morgan fingerprint density at radius 2 is 2.04 bits per heavy atom. The van der Waals surface area contributed by atoms with Crippen molar-refractivity contribution in [1.82, 2.24) is 10.6 Å². The van der Waals surface area contributed by atoms with Gasteiger partial charge >= 0.3 is 0 Å². The summed E-state index contributed by atoms with van der Waals surface area (Å²) in [6.45, 7) is 0.993. The number of rotatable bonds is 8. The number of thioether (sulfide) groups is 2. The Balaban J connectivity index is 1.89. The summed E-state index contributed by atoms with van der Waals surface area (Å²) in [5.41, 5.74) is 0.644. The zero-order valence-electron chi connectivity index (χ0n) is 13.9. The van der Waals surface area contributed by atoms with Crippen molar-refractivity contribution in [2.45, 2.75) is 23.8 Å². The van der Waals surface area contributed by atoms with E-state index in [9.17, 15) is 9.59 Å². The summed E-state index contributed by atoms with van der Waals surface area (Å²) in [5, 5.41) is 5.90. The van der Waals surface area contributed by atoms with Crippen LogP contribution in [0.15, 0.2) is 29.2 Å². The lowest BCUT2D eigenvalue weighted by Crippen LogP contribution is -2.37. The molecule has 24 heavy (non-hydrogen) atoms. The van der Waals surface area contributed by atoms with E-state index in [4.69, 9.17) is 4.74 Å². The molecule has 0 spiro atoms. The molecular formula is C17H24N2O3S2. The number of methoxy groups -OCH3 is 1. The molecule has 1 aliphatic rings. The van der Waals surface area contributed by atoms with Crippen LogP contribution in [0.1, 0.15) is 23.2 Å². The van der Waals surface area contributed by atoms with Crippen LogP contribution in [0.5, 0.6) is 0 Å². The average molecular weight is 369 g/mol. The Morgan fingerprint density at radius 3 is 2.79 bits per heavy atom. The van der Waals surface area contributed by atoms with E-state index in [2.05, 4.69) is 10.6 Å². The van der Waals surface area contributed by atoms with E-state index < -0.39 is 0 Å². The van der Waals surface area contributed by atoms with Gasteiger partial charge in [-0.1, -0.05) is 12.1 Å². The summed E-state index contributed by atoms with van der Waals surface area (Å²) in [6, 6.07) is 7.71. The van der Waals surface area contributed by atoms with Crippen molar-refractivity contribution in [2.75, 3.05) is 37.5 Å². The highest BCUT2D eigenvalue weighted by Crippen LogP contribution is 2.23. The molecule has 2 amide bonds. The summed E-state index contributed by atoms with van der Waals surface area (Å²) in [6.07, 6.45) is 2.04.